The molecule has 4 nitrogen and oxygen atoms in total. The maximum Gasteiger partial charge on any atom is 0.363 e. The minimum atomic E-state index is -0.540. The van der Waals surface area contributed by atoms with Crippen LogP contribution < -0.4 is 4.74 Å². The molecule has 3 rings (SSSR count). The van der Waals surface area contributed by atoms with Gasteiger partial charge in [0.25, 0.3) is 0 Å². The average Bonchev–Trinajstić information content (AvgIpc) is 2.90. The van der Waals surface area contributed by atoms with Gasteiger partial charge in [0.15, 0.2) is 5.70 Å². The van der Waals surface area contributed by atoms with E-state index in [4.69, 9.17) is 32.7 Å². The zero-order valence-electron chi connectivity index (χ0n) is 12.8. The largest absolute Gasteiger partial charge is 0.493 e. The summed E-state index contributed by atoms with van der Waals surface area (Å²) >= 11 is 12.0. The number of benzene rings is 2. The van der Waals surface area contributed by atoms with Gasteiger partial charge in [-0.05, 0) is 37.3 Å². The van der Waals surface area contributed by atoms with Gasteiger partial charge in [-0.2, -0.15) is 0 Å². The van der Waals surface area contributed by atoms with Crippen LogP contribution in [-0.2, 0) is 9.53 Å². The van der Waals surface area contributed by atoms with Crippen molar-refractivity contribution in [1.29, 1.82) is 0 Å². The highest BCUT2D eigenvalue weighted by Gasteiger charge is 2.26. The molecule has 1 heterocycles. The van der Waals surface area contributed by atoms with E-state index in [2.05, 4.69) is 4.99 Å². The summed E-state index contributed by atoms with van der Waals surface area (Å²) in [6.07, 6.45) is 1.63. The second kappa shape index (κ2) is 7.07. The van der Waals surface area contributed by atoms with Gasteiger partial charge in [0.05, 0.1) is 17.2 Å². The number of hydrogen-bond acceptors (Lipinski definition) is 4. The topological polar surface area (TPSA) is 47.9 Å². The highest BCUT2D eigenvalue weighted by atomic mass is 35.5. The summed E-state index contributed by atoms with van der Waals surface area (Å²) in [6, 6.07) is 12.3. The van der Waals surface area contributed by atoms with Gasteiger partial charge in [0, 0.05) is 10.6 Å². The number of carbonyl (C=O) groups is 1. The molecule has 0 amide bonds. The quantitative estimate of drug-likeness (QED) is 0.583. The molecule has 0 unspecified atom stereocenters. The highest BCUT2D eigenvalue weighted by Crippen LogP contribution is 2.28. The normalized spacial score (nSPS) is 15.4. The Kier molecular flexibility index (Phi) is 4.88. The molecular weight excluding hydrogens is 349 g/mol. The van der Waals surface area contributed by atoms with Gasteiger partial charge >= 0.3 is 5.97 Å². The smallest absolute Gasteiger partial charge is 0.363 e. The van der Waals surface area contributed by atoms with Gasteiger partial charge in [0.2, 0.25) is 5.90 Å². The number of hydrogen-bond donors (Lipinski definition) is 0. The SMILES string of the molecule is CCOc1ccccc1/C=C1/N=C(c2ccc(Cl)cc2Cl)OC1=O. The Balaban J connectivity index is 1.97. The van der Waals surface area contributed by atoms with E-state index in [1.54, 1.807) is 24.3 Å². The first-order valence-corrected chi connectivity index (χ1v) is 8.04. The number of halogens is 2. The molecule has 2 aromatic carbocycles. The van der Waals surface area contributed by atoms with Crippen LogP contribution in [-0.4, -0.2) is 18.5 Å². The average molecular weight is 362 g/mol. The second-order valence-corrected chi connectivity index (χ2v) is 5.77. The Labute approximate surface area is 149 Å². The lowest BCUT2D eigenvalue weighted by molar-refractivity contribution is -0.129. The Hall–Kier alpha value is -2.30. The maximum absolute atomic E-state index is 12.1. The van der Waals surface area contributed by atoms with E-state index in [0.717, 1.165) is 5.56 Å². The van der Waals surface area contributed by atoms with Gasteiger partial charge in [-0.1, -0.05) is 41.4 Å². The molecule has 0 bridgehead atoms. The first-order valence-electron chi connectivity index (χ1n) is 7.28. The summed E-state index contributed by atoms with van der Waals surface area (Å²) in [5.41, 5.74) is 1.44. The summed E-state index contributed by atoms with van der Waals surface area (Å²) in [4.78, 5) is 16.3. The van der Waals surface area contributed by atoms with Crippen molar-refractivity contribution < 1.29 is 14.3 Å². The molecule has 0 N–H and O–H groups in total. The van der Waals surface area contributed by atoms with E-state index in [-0.39, 0.29) is 11.6 Å². The predicted octanol–water partition coefficient (Wildman–Crippen LogP) is 4.74. The fourth-order valence-electron chi connectivity index (χ4n) is 2.22. The van der Waals surface area contributed by atoms with Crippen molar-refractivity contribution >= 4 is 41.1 Å². The standard InChI is InChI=1S/C18H13Cl2NO3/c1-2-23-16-6-4-3-5-11(16)9-15-18(22)24-17(21-15)13-8-7-12(19)10-14(13)20/h3-10H,2H2,1H3/b15-9+. The van der Waals surface area contributed by atoms with Crippen molar-refractivity contribution in [1.82, 2.24) is 0 Å². The summed E-state index contributed by atoms with van der Waals surface area (Å²) in [6.45, 7) is 2.42. The summed E-state index contributed by atoms with van der Waals surface area (Å²) in [5.74, 6) is 0.289. The van der Waals surface area contributed by atoms with Gasteiger partial charge in [-0.15, -0.1) is 0 Å². The van der Waals surface area contributed by atoms with E-state index in [0.29, 0.717) is 28.0 Å². The molecule has 0 aromatic heterocycles. The van der Waals surface area contributed by atoms with Crippen LogP contribution in [0.15, 0.2) is 53.2 Å². The third-order valence-electron chi connectivity index (χ3n) is 3.29. The number of nitrogens with zero attached hydrogens (tertiary/aromatic N) is 1. The van der Waals surface area contributed by atoms with Crippen LogP contribution in [0.1, 0.15) is 18.1 Å². The van der Waals surface area contributed by atoms with E-state index < -0.39 is 5.97 Å². The third kappa shape index (κ3) is 3.45. The molecule has 24 heavy (non-hydrogen) atoms. The molecule has 0 saturated carbocycles. The van der Waals surface area contributed by atoms with Crippen LogP contribution >= 0.6 is 23.2 Å². The number of esters is 1. The Morgan fingerprint density at radius 2 is 2.00 bits per heavy atom. The Bertz CT molecular complexity index is 859. The molecule has 1 aliphatic heterocycles. The summed E-state index contributed by atoms with van der Waals surface area (Å²) < 4.78 is 10.8. The molecule has 0 fully saturated rings. The molecule has 0 saturated heterocycles. The minimum Gasteiger partial charge on any atom is -0.493 e. The lowest BCUT2D eigenvalue weighted by Crippen LogP contribution is -2.06. The maximum atomic E-state index is 12.1. The number of ether oxygens (including phenoxy) is 2. The molecular formula is C18H13Cl2NO3. The van der Waals surface area contributed by atoms with Crippen molar-refractivity contribution in [2.45, 2.75) is 6.92 Å². The second-order valence-electron chi connectivity index (χ2n) is 4.93. The predicted molar refractivity (Wildman–Crippen MR) is 94.7 cm³/mol. The zero-order valence-corrected chi connectivity index (χ0v) is 14.3. The van der Waals surface area contributed by atoms with E-state index >= 15 is 0 Å². The lowest BCUT2D eigenvalue weighted by Gasteiger charge is -2.06. The molecule has 0 spiro atoms. The summed E-state index contributed by atoms with van der Waals surface area (Å²) in [7, 11) is 0. The lowest BCUT2D eigenvalue weighted by atomic mass is 10.1. The Morgan fingerprint density at radius 3 is 2.75 bits per heavy atom. The van der Waals surface area contributed by atoms with Crippen LogP contribution in [0.2, 0.25) is 10.0 Å². The molecule has 0 aliphatic carbocycles. The van der Waals surface area contributed by atoms with Crippen LogP contribution in [0.3, 0.4) is 0 Å². The van der Waals surface area contributed by atoms with Crippen LogP contribution in [0.4, 0.5) is 0 Å². The van der Waals surface area contributed by atoms with E-state index in [1.165, 1.54) is 0 Å². The number of aliphatic imine (C=N–C) groups is 1. The van der Waals surface area contributed by atoms with Gasteiger partial charge < -0.3 is 9.47 Å². The molecule has 1 aliphatic rings. The molecule has 0 atom stereocenters. The Morgan fingerprint density at radius 1 is 1.21 bits per heavy atom. The van der Waals surface area contributed by atoms with Crippen LogP contribution in [0.5, 0.6) is 5.75 Å². The molecule has 2 aromatic rings. The first kappa shape index (κ1) is 16.6. The van der Waals surface area contributed by atoms with Gasteiger partial charge in [-0.3, -0.25) is 0 Å². The van der Waals surface area contributed by atoms with Crippen molar-refractivity contribution in [2.24, 2.45) is 4.99 Å². The van der Waals surface area contributed by atoms with Crippen LogP contribution in [0, 0.1) is 0 Å². The fraction of sp³-hybridized carbons (Fsp3) is 0.111. The van der Waals surface area contributed by atoms with E-state index in [1.807, 2.05) is 31.2 Å². The number of carbonyl (C=O) groups excluding carboxylic acids is 1. The number of cyclic esters (lactones) is 1. The fourth-order valence-corrected chi connectivity index (χ4v) is 2.71. The van der Waals surface area contributed by atoms with Gasteiger partial charge in [0.1, 0.15) is 5.75 Å². The van der Waals surface area contributed by atoms with Crippen LogP contribution in [0.25, 0.3) is 6.08 Å². The van der Waals surface area contributed by atoms with Crippen molar-refractivity contribution in [3.63, 3.8) is 0 Å². The number of rotatable bonds is 4. The molecule has 122 valence electrons. The monoisotopic (exact) mass is 361 g/mol. The summed E-state index contributed by atoms with van der Waals surface area (Å²) in [5, 5.41) is 0.861. The third-order valence-corrected chi connectivity index (χ3v) is 3.84. The molecule has 6 heteroatoms. The zero-order chi connectivity index (χ0) is 17.1. The first-order chi connectivity index (χ1) is 11.6. The number of para-hydroxylation sites is 1. The minimum absolute atomic E-state index is 0.154. The van der Waals surface area contributed by atoms with Crippen molar-refractivity contribution in [2.75, 3.05) is 6.61 Å². The molecule has 0 radical (unpaired) electrons. The highest BCUT2D eigenvalue weighted by molar-refractivity contribution is 6.37. The van der Waals surface area contributed by atoms with Crippen molar-refractivity contribution in [3.05, 3.63) is 69.3 Å². The van der Waals surface area contributed by atoms with E-state index in [9.17, 15) is 4.79 Å². The van der Waals surface area contributed by atoms with Crippen molar-refractivity contribution in [3.8, 4) is 5.75 Å². The van der Waals surface area contributed by atoms with Gasteiger partial charge in [-0.25, -0.2) is 9.79 Å².